The van der Waals surface area contributed by atoms with Gasteiger partial charge in [0.1, 0.15) is 0 Å². The van der Waals surface area contributed by atoms with Gasteiger partial charge in [-0.15, -0.1) is 0 Å². The summed E-state index contributed by atoms with van der Waals surface area (Å²) in [5, 5.41) is 6.10. The minimum absolute atomic E-state index is 0.438. The van der Waals surface area contributed by atoms with Crippen LogP contribution >= 0.6 is 0 Å². The van der Waals surface area contributed by atoms with E-state index in [4.69, 9.17) is 5.73 Å². The van der Waals surface area contributed by atoms with E-state index in [1.54, 1.807) is 0 Å². The van der Waals surface area contributed by atoms with E-state index in [-0.39, 0.29) is 0 Å². The molecular formula is C11H23N3O. The smallest absolute Gasteiger partial charge is 0.312 e. The maximum atomic E-state index is 10.5. The van der Waals surface area contributed by atoms with Crippen LogP contribution in [0, 0.1) is 5.92 Å². The van der Waals surface area contributed by atoms with Gasteiger partial charge in [-0.3, -0.25) is 0 Å². The molecule has 0 spiro atoms. The van der Waals surface area contributed by atoms with E-state index < -0.39 is 6.03 Å². The lowest BCUT2D eigenvalue weighted by Gasteiger charge is -2.31. The van der Waals surface area contributed by atoms with Crippen LogP contribution in [0.4, 0.5) is 4.79 Å². The molecule has 2 amide bonds. The zero-order chi connectivity index (χ0) is 11.1. The molecule has 0 aromatic rings. The van der Waals surface area contributed by atoms with Gasteiger partial charge in [-0.05, 0) is 18.8 Å². The van der Waals surface area contributed by atoms with Crippen LogP contribution in [-0.4, -0.2) is 25.2 Å². The van der Waals surface area contributed by atoms with E-state index in [0.29, 0.717) is 12.6 Å². The molecule has 0 saturated heterocycles. The normalized spacial score (nSPS) is 26.2. The van der Waals surface area contributed by atoms with E-state index in [1.165, 1.54) is 32.1 Å². The fourth-order valence-corrected chi connectivity index (χ4v) is 2.41. The Balaban J connectivity index is 2.15. The first-order chi connectivity index (χ1) is 7.24. The van der Waals surface area contributed by atoms with Crippen LogP contribution in [0.25, 0.3) is 0 Å². The number of hydrogen-bond donors (Lipinski definition) is 3. The number of rotatable bonds is 5. The molecule has 2 unspecified atom stereocenters. The number of primary amides is 1. The Labute approximate surface area is 92.0 Å². The second kappa shape index (κ2) is 6.67. The third-order valence-electron chi connectivity index (χ3n) is 3.26. The van der Waals surface area contributed by atoms with Crippen molar-refractivity contribution >= 4 is 6.03 Å². The van der Waals surface area contributed by atoms with Crippen molar-refractivity contribution in [1.29, 1.82) is 0 Å². The Morgan fingerprint density at radius 1 is 1.33 bits per heavy atom. The van der Waals surface area contributed by atoms with Gasteiger partial charge in [-0.25, -0.2) is 4.79 Å². The molecule has 1 aliphatic rings. The van der Waals surface area contributed by atoms with Crippen LogP contribution < -0.4 is 16.4 Å². The van der Waals surface area contributed by atoms with Crippen molar-refractivity contribution in [1.82, 2.24) is 10.6 Å². The monoisotopic (exact) mass is 213 g/mol. The Morgan fingerprint density at radius 2 is 2.07 bits per heavy atom. The van der Waals surface area contributed by atoms with E-state index in [0.717, 1.165) is 12.5 Å². The zero-order valence-electron chi connectivity index (χ0n) is 9.59. The van der Waals surface area contributed by atoms with E-state index in [9.17, 15) is 4.79 Å². The molecule has 0 aromatic carbocycles. The van der Waals surface area contributed by atoms with Gasteiger partial charge >= 0.3 is 6.03 Å². The number of carbonyl (C=O) groups is 1. The molecular weight excluding hydrogens is 190 g/mol. The Morgan fingerprint density at radius 3 is 2.73 bits per heavy atom. The van der Waals surface area contributed by atoms with Gasteiger partial charge < -0.3 is 16.4 Å². The molecule has 0 aromatic heterocycles. The minimum atomic E-state index is -0.438. The van der Waals surface area contributed by atoms with Gasteiger partial charge in [-0.1, -0.05) is 26.2 Å². The maximum absolute atomic E-state index is 10.5. The lowest BCUT2D eigenvalue weighted by Crippen LogP contribution is -2.43. The van der Waals surface area contributed by atoms with Crippen LogP contribution in [0.1, 0.15) is 39.0 Å². The van der Waals surface area contributed by atoms with Gasteiger partial charge in [0.2, 0.25) is 0 Å². The summed E-state index contributed by atoms with van der Waals surface area (Å²) < 4.78 is 0. The molecule has 1 aliphatic carbocycles. The SMILES string of the molecule is CCC1CCCCC1NCCNC(N)=O. The average molecular weight is 213 g/mol. The highest BCUT2D eigenvalue weighted by Gasteiger charge is 2.22. The molecule has 1 rings (SSSR count). The third kappa shape index (κ3) is 4.51. The summed E-state index contributed by atoms with van der Waals surface area (Å²) in [6.45, 7) is 3.71. The van der Waals surface area contributed by atoms with Crippen LogP contribution in [0.5, 0.6) is 0 Å². The molecule has 0 radical (unpaired) electrons. The molecule has 4 heteroatoms. The molecule has 88 valence electrons. The van der Waals surface area contributed by atoms with Crippen molar-refractivity contribution in [2.45, 2.75) is 45.1 Å². The average Bonchev–Trinajstić information content (AvgIpc) is 2.24. The van der Waals surface area contributed by atoms with Crippen molar-refractivity contribution in [3.63, 3.8) is 0 Å². The summed E-state index contributed by atoms with van der Waals surface area (Å²) in [6.07, 6.45) is 6.57. The number of nitrogens with one attached hydrogen (secondary N) is 2. The molecule has 0 aliphatic heterocycles. The number of amides is 2. The maximum Gasteiger partial charge on any atom is 0.312 e. The first-order valence-electron chi connectivity index (χ1n) is 6.00. The molecule has 1 saturated carbocycles. The summed E-state index contributed by atoms with van der Waals surface area (Å²) in [4.78, 5) is 10.5. The van der Waals surface area contributed by atoms with E-state index in [1.807, 2.05) is 0 Å². The molecule has 1 fully saturated rings. The van der Waals surface area contributed by atoms with Gasteiger partial charge in [-0.2, -0.15) is 0 Å². The Hall–Kier alpha value is -0.770. The quantitative estimate of drug-likeness (QED) is 0.601. The lowest BCUT2D eigenvalue weighted by atomic mass is 9.83. The van der Waals surface area contributed by atoms with Crippen LogP contribution in [-0.2, 0) is 0 Å². The van der Waals surface area contributed by atoms with Crippen LogP contribution in [0.2, 0.25) is 0 Å². The number of urea groups is 1. The highest BCUT2D eigenvalue weighted by molar-refractivity contribution is 5.71. The molecule has 4 N–H and O–H groups in total. The van der Waals surface area contributed by atoms with Gasteiger partial charge in [0.25, 0.3) is 0 Å². The van der Waals surface area contributed by atoms with Crippen molar-refractivity contribution in [2.75, 3.05) is 13.1 Å². The van der Waals surface area contributed by atoms with Crippen LogP contribution in [0.3, 0.4) is 0 Å². The highest BCUT2D eigenvalue weighted by Crippen LogP contribution is 2.26. The van der Waals surface area contributed by atoms with Crippen LogP contribution in [0.15, 0.2) is 0 Å². The first-order valence-corrected chi connectivity index (χ1v) is 6.00. The predicted octanol–water partition coefficient (Wildman–Crippen LogP) is 1.21. The second-order valence-electron chi connectivity index (χ2n) is 4.30. The molecule has 2 atom stereocenters. The number of hydrogen-bond acceptors (Lipinski definition) is 2. The molecule has 15 heavy (non-hydrogen) atoms. The predicted molar refractivity (Wildman–Crippen MR) is 61.6 cm³/mol. The fraction of sp³-hybridized carbons (Fsp3) is 0.909. The highest BCUT2D eigenvalue weighted by atomic mass is 16.2. The molecule has 4 nitrogen and oxygen atoms in total. The third-order valence-corrected chi connectivity index (χ3v) is 3.26. The summed E-state index contributed by atoms with van der Waals surface area (Å²) >= 11 is 0. The lowest BCUT2D eigenvalue weighted by molar-refractivity contribution is 0.244. The fourth-order valence-electron chi connectivity index (χ4n) is 2.41. The van der Waals surface area contributed by atoms with Gasteiger partial charge in [0, 0.05) is 19.1 Å². The summed E-state index contributed by atoms with van der Waals surface area (Å²) in [6, 6.07) is 0.200. The number of nitrogens with two attached hydrogens (primary N) is 1. The Bertz CT molecular complexity index is 196. The first kappa shape index (κ1) is 12.3. The largest absolute Gasteiger partial charge is 0.352 e. The van der Waals surface area contributed by atoms with Gasteiger partial charge in [0.15, 0.2) is 0 Å². The standard InChI is InChI=1S/C11H23N3O/c1-2-9-5-3-4-6-10(9)13-7-8-14-11(12)15/h9-10,13H,2-8H2,1H3,(H3,12,14,15). The van der Waals surface area contributed by atoms with E-state index in [2.05, 4.69) is 17.6 Å². The van der Waals surface area contributed by atoms with Crippen molar-refractivity contribution in [3.05, 3.63) is 0 Å². The topological polar surface area (TPSA) is 67.2 Å². The number of carbonyl (C=O) groups excluding carboxylic acids is 1. The second-order valence-corrected chi connectivity index (χ2v) is 4.30. The summed E-state index contributed by atoms with van der Waals surface area (Å²) in [5.41, 5.74) is 4.99. The summed E-state index contributed by atoms with van der Waals surface area (Å²) in [5.74, 6) is 0.812. The van der Waals surface area contributed by atoms with Crippen molar-refractivity contribution < 1.29 is 4.79 Å². The minimum Gasteiger partial charge on any atom is -0.352 e. The molecule has 0 heterocycles. The van der Waals surface area contributed by atoms with Gasteiger partial charge in [0.05, 0.1) is 0 Å². The zero-order valence-corrected chi connectivity index (χ0v) is 9.59. The van der Waals surface area contributed by atoms with Crippen molar-refractivity contribution in [2.24, 2.45) is 11.7 Å². The molecule has 0 bridgehead atoms. The Kier molecular flexibility index (Phi) is 5.47. The summed E-state index contributed by atoms with van der Waals surface area (Å²) in [7, 11) is 0. The van der Waals surface area contributed by atoms with E-state index >= 15 is 0 Å². The van der Waals surface area contributed by atoms with Crippen molar-refractivity contribution in [3.8, 4) is 0 Å².